The number of aromatic carboxylic acids is 1. The van der Waals surface area contributed by atoms with E-state index in [9.17, 15) is 19.5 Å². The van der Waals surface area contributed by atoms with Crippen molar-refractivity contribution >= 4 is 17.9 Å². The molecule has 0 aromatic heterocycles. The van der Waals surface area contributed by atoms with Gasteiger partial charge < -0.3 is 14.6 Å². The van der Waals surface area contributed by atoms with Crippen molar-refractivity contribution in [2.24, 2.45) is 5.92 Å². The van der Waals surface area contributed by atoms with Gasteiger partial charge in [0.15, 0.2) is 5.75 Å². The third-order valence-corrected chi connectivity index (χ3v) is 4.91. The van der Waals surface area contributed by atoms with Crippen LogP contribution in [0.4, 0.5) is 0 Å². The van der Waals surface area contributed by atoms with Crippen molar-refractivity contribution in [3.8, 4) is 11.5 Å². The minimum Gasteiger partial charge on any atom is -0.478 e. The van der Waals surface area contributed by atoms with E-state index in [4.69, 9.17) is 9.47 Å². The summed E-state index contributed by atoms with van der Waals surface area (Å²) in [5, 5.41) is 9.75. The number of aryl methyl sites for hydroxylation is 1. The number of benzene rings is 1. The SMILES string of the molecule is C=C(C)[C@@H]1CCC(C)=CC1c1c(OC(C)=O)cc(C)c(C(=O)O)c1OC(C)=O. The monoisotopic (exact) mass is 386 g/mol. The molecule has 0 heterocycles. The molecule has 0 bridgehead atoms. The Morgan fingerprint density at radius 2 is 1.71 bits per heavy atom. The lowest BCUT2D eigenvalue weighted by atomic mass is 9.73. The quantitative estimate of drug-likeness (QED) is 0.453. The van der Waals surface area contributed by atoms with Gasteiger partial charge in [0, 0.05) is 25.3 Å². The molecule has 6 nitrogen and oxygen atoms in total. The zero-order chi connectivity index (χ0) is 21.2. The molecule has 0 aliphatic heterocycles. The summed E-state index contributed by atoms with van der Waals surface area (Å²) in [6, 6.07) is 1.51. The summed E-state index contributed by atoms with van der Waals surface area (Å²) in [6.07, 6.45) is 3.72. The Balaban J connectivity index is 2.90. The van der Waals surface area contributed by atoms with Gasteiger partial charge in [-0.1, -0.05) is 23.8 Å². The van der Waals surface area contributed by atoms with Gasteiger partial charge in [-0.25, -0.2) is 4.79 Å². The summed E-state index contributed by atoms with van der Waals surface area (Å²) >= 11 is 0. The molecule has 0 spiro atoms. The van der Waals surface area contributed by atoms with Crippen LogP contribution in [0.2, 0.25) is 0 Å². The maximum atomic E-state index is 11.9. The molecular formula is C22H26O6. The fourth-order valence-corrected chi connectivity index (χ4v) is 3.75. The predicted octanol–water partition coefficient (Wildman–Crippen LogP) is 4.56. The number of carboxylic acid groups (broad SMARTS) is 1. The molecule has 0 fully saturated rings. The lowest BCUT2D eigenvalue weighted by Crippen LogP contribution is -2.21. The van der Waals surface area contributed by atoms with Crippen molar-refractivity contribution in [1.82, 2.24) is 0 Å². The standard InChI is InChI=1S/C22H26O6/c1-11(2)16-8-7-12(3)9-17(16)20-18(27-14(5)23)10-13(4)19(22(25)26)21(20)28-15(6)24/h9-10,16-17H,1,7-8H2,2-6H3,(H,25,26)/t16-,17?/m0/s1. The van der Waals surface area contributed by atoms with E-state index in [-0.39, 0.29) is 28.9 Å². The molecule has 0 saturated heterocycles. The van der Waals surface area contributed by atoms with Crippen molar-refractivity contribution in [3.63, 3.8) is 0 Å². The smallest absolute Gasteiger partial charge is 0.339 e. The second kappa shape index (κ2) is 8.42. The number of carbonyl (C=O) groups excluding carboxylic acids is 2. The van der Waals surface area contributed by atoms with Crippen LogP contribution in [0, 0.1) is 12.8 Å². The van der Waals surface area contributed by atoms with Gasteiger partial charge in [-0.3, -0.25) is 9.59 Å². The van der Waals surface area contributed by atoms with Crippen LogP contribution < -0.4 is 9.47 Å². The molecule has 28 heavy (non-hydrogen) atoms. The highest BCUT2D eigenvalue weighted by Crippen LogP contribution is 2.48. The van der Waals surface area contributed by atoms with E-state index in [0.29, 0.717) is 11.1 Å². The van der Waals surface area contributed by atoms with E-state index < -0.39 is 17.9 Å². The molecule has 0 radical (unpaired) electrons. The van der Waals surface area contributed by atoms with E-state index in [1.807, 2.05) is 19.9 Å². The molecule has 6 heteroatoms. The summed E-state index contributed by atoms with van der Waals surface area (Å²) in [7, 11) is 0. The molecule has 2 rings (SSSR count). The molecule has 1 aromatic rings. The van der Waals surface area contributed by atoms with Crippen LogP contribution in [0.25, 0.3) is 0 Å². The Morgan fingerprint density at radius 3 is 2.21 bits per heavy atom. The van der Waals surface area contributed by atoms with Crippen LogP contribution in [0.5, 0.6) is 11.5 Å². The third kappa shape index (κ3) is 4.50. The van der Waals surface area contributed by atoms with Crippen molar-refractivity contribution in [3.05, 3.63) is 46.6 Å². The third-order valence-electron chi connectivity index (χ3n) is 4.91. The minimum atomic E-state index is -1.22. The Morgan fingerprint density at radius 1 is 1.11 bits per heavy atom. The van der Waals surface area contributed by atoms with Gasteiger partial charge >= 0.3 is 17.9 Å². The Hall–Kier alpha value is -2.89. The topological polar surface area (TPSA) is 89.9 Å². The number of hydrogen-bond donors (Lipinski definition) is 1. The fourth-order valence-electron chi connectivity index (χ4n) is 3.75. The van der Waals surface area contributed by atoms with E-state index in [1.54, 1.807) is 6.92 Å². The van der Waals surface area contributed by atoms with Crippen LogP contribution in [-0.2, 0) is 9.59 Å². The largest absolute Gasteiger partial charge is 0.478 e. The molecule has 1 unspecified atom stereocenters. The summed E-state index contributed by atoms with van der Waals surface area (Å²) in [5.41, 5.74) is 2.67. The van der Waals surface area contributed by atoms with Crippen LogP contribution in [0.3, 0.4) is 0 Å². The first kappa shape index (κ1) is 21.4. The molecule has 0 amide bonds. The first-order valence-electron chi connectivity index (χ1n) is 9.13. The highest BCUT2D eigenvalue weighted by molar-refractivity contribution is 5.95. The number of rotatable bonds is 5. The minimum absolute atomic E-state index is 0.00309. The predicted molar refractivity (Wildman–Crippen MR) is 105 cm³/mol. The van der Waals surface area contributed by atoms with Gasteiger partial charge in [-0.2, -0.15) is 0 Å². The first-order chi connectivity index (χ1) is 13.0. The normalized spacial score (nSPS) is 18.8. The van der Waals surface area contributed by atoms with Crippen molar-refractivity contribution in [1.29, 1.82) is 0 Å². The maximum absolute atomic E-state index is 11.9. The van der Waals surface area contributed by atoms with E-state index in [0.717, 1.165) is 24.0 Å². The second-order valence-electron chi connectivity index (χ2n) is 7.33. The fraction of sp³-hybridized carbons (Fsp3) is 0.409. The number of esters is 2. The zero-order valence-corrected chi connectivity index (χ0v) is 16.9. The zero-order valence-electron chi connectivity index (χ0n) is 16.9. The molecule has 150 valence electrons. The van der Waals surface area contributed by atoms with Crippen molar-refractivity contribution in [2.75, 3.05) is 0 Å². The Labute approximate surface area is 164 Å². The molecule has 1 aliphatic carbocycles. The molecule has 2 atom stereocenters. The van der Waals surface area contributed by atoms with E-state index >= 15 is 0 Å². The average molecular weight is 386 g/mol. The van der Waals surface area contributed by atoms with Gasteiger partial charge in [0.1, 0.15) is 11.3 Å². The Bertz CT molecular complexity index is 878. The van der Waals surface area contributed by atoms with Crippen LogP contribution >= 0.6 is 0 Å². The number of hydrogen-bond acceptors (Lipinski definition) is 5. The van der Waals surface area contributed by atoms with Gasteiger partial charge in [0.25, 0.3) is 0 Å². The molecule has 0 saturated carbocycles. The van der Waals surface area contributed by atoms with Gasteiger partial charge in [0.05, 0.1) is 0 Å². The highest BCUT2D eigenvalue weighted by Gasteiger charge is 2.34. The van der Waals surface area contributed by atoms with Crippen LogP contribution in [0.15, 0.2) is 29.9 Å². The molecule has 1 aromatic carbocycles. The lowest BCUT2D eigenvalue weighted by Gasteiger charge is -2.33. The Kier molecular flexibility index (Phi) is 6.44. The number of carboxylic acids is 1. The van der Waals surface area contributed by atoms with Gasteiger partial charge in [0.2, 0.25) is 0 Å². The number of allylic oxidation sites excluding steroid dienone is 3. The van der Waals surface area contributed by atoms with Crippen molar-refractivity contribution in [2.45, 2.75) is 53.4 Å². The molecule has 1 N–H and O–H groups in total. The van der Waals surface area contributed by atoms with E-state index in [2.05, 4.69) is 6.58 Å². The second-order valence-corrected chi connectivity index (χ2v) is 7.33. The first-order valence-corrected chi connectivity index (χ1v) is 9.13. The summed E-state index contributed by atoms with van der Waals surface area (Å²) in [4.78, 5) is 35.4. The van der Waals surface area contributed by atoms with Crippen LogP contribution in [0.1, 0.15) is 67.9 Å². The van der Waals surface area contributed by atoms with E-state index in [1.165, 1.54) is 19.9 Å². The summed E-state index contributed by atoms with van der Waals surface area (Å²) < 4.78 is 10.8. The summed E-state index contributed by atoms with van der Waals surface area (Å²) in [6.45, 7) is 12.0. The number of ether oxygens (including phenoxy) is 2. The van der Waals surface area contributed by atoms with Gasteiger partial charge in [-0.05, 0) is 51.2 Å². The lowest BCUT2D eigenvalue weighted by molar-refractivity contribution is -0.132. The maximum Gasteiger partial charge on any atom is 0.339 e. The molecule has 1 aliphatic rings. The van der Waals surface area contributed by atoms with Crippen molar-refractivity contribution < 1.29 is 29.0 Å². The number of carbonyl (C=O) groups is 3. The van der Waals surface area contributed by atoms with Crippen LogP contribution in [-0.4, -0.2) is 23.0 Å². The van der Waals surface area contributed by atoms with Gasteiger partial charge in [-0.15, -0.1) is 0 Å². The summed E-state index contributed by atoms with van der Waals surface area (Å²) in [5.74, 6) is -2.60. The average Bonchev–Trinajstić information content (AvgIpc) is 2.52. The highest BCUT2D eigenvalue weighted by atomic mass is 16.5. The molecular weight excluding hydrogens is 360 g/mol.